The molecule has 0 aliphatic heterocycles. The van der Waals surface area contributed by atoms with Gasteiger partial charge in [-0.05, 0) is 13.3 Å². The lowest BCUT2D eigenvalue weighted by molar-refractivity contribution is -0.127. The second-order valence-corrected chi connectivity index (χ2v) is 3.47. The van der Waals surface area contributed by atoms with Crippen LogP contribution >= 0.6 is 24.0 Å². The summed E-state index contributed by atoms with van der Waals surface area (Å²) < 4.78 is 5.16. The molecule has 0 saturated heterocycles. The Hall–Kier alpha value is -0.570. The Bertz CT molecular complexity index is 234. The molecular weight excluding hydrogens is 335 g/mol. The van der Waals surface area contributed by atoms with Crippen LogP contribution in [-0.4, -0.2) is 57.2 Å². The predicted octanol–water partition coefficient (Wildman–Crippen LogP) is 0.0235. The summed E-state index contributed by atoms with van der Waals surface area (Å²) in [5.41, 5.74) is 5.56. The minimum Gasteiger partial charge on any atom is -0.382 e. The minimum atomic E-state index is -0.0703. The van der Waals surface area contributed by atoms with Crippen LogP contribution in [0, 0.1) is 0 Å². The molecule has 0 heterocycles. The fourth-order valence-electron chi connectivity index (χ4n) is 0.885. The lowest BCUT2D eigenvalue weighted by Gasteiger charge is -2.09. The van der Waals surface area contributed by atoms with E-state index in [0.29, 0.717) is 19.1 Å². The molecular formula is C10H23IN4O2. The molecule has 1 amide bonds. The third-order valence-electron chi connectivity index (χ3n) is 1.86. The van der Waals surface area contributed by atoms with Crippen molar-refractivity contribution in [3.05, 3.63) is 0 Å². The molecule has 0 fully saturated rings. The van der Waals surface area contributed by atoms with E-state index in [9.17, 15) is 4.79 Å². The Morgan fingerprint density at radius 3 is 2.65 bits per heavy atom. The van der Waals surface area contributed by atoms with Gasteiger partial charge in [-0.15, -0.1) is 24.0 Å². The van der Waals surface area contributed by atoms with E-state index < -0.39 is 0 Å². The highest BCUT2D eigenvalue weighted by molar-refractivity contribution is 14.0. The molecule has 0 rings (SSSR count). The molecule has 0 aliphatic rings. The van der Waals surface area contributed by atoms with Crippen molar-refractivity contribution in [1.82, 2.24) is 10.2 Å². The summed E-state index contributed by atoms with van der Waals surface area (Å²) >= 11 is 0. The Kier molecular flexibility index (Phi) is 13.2. The highest BCUT2D eigenvalue weighted by Crippen LogP contribution is 1.82. The number of hydrogen-bond acceptors (Lipinski definition) is 3. The van der Waals surface area contributed by atoms with Crippen LogP contribution in [0.4, 0.5) is 0 Å². The maximum absolute atomic E-state index is 11.2. The number of nitrogens with one attached hydrogen (secondary N) is 1. The molecule has 0 atom stereocenters. The third-order valence-corrected chi connectivity index (χ3v) is 1.86. The van der Waals surface area contributed by atoms with E-state index in [1.807, 2.05) is 6.92 Å². The number of ether oxygens (including phenoxy) is 1. The van der Waals surface area contributed by atoms with Gasteiger partial charge in [-0.3, -0.25) is 4.79 Å². The van der Waals surface area contributed by atoms with Crippen molar-refractivity contribution in [2.75, 3.05) is 40.4 Å². The normalized spacial score (nSPS) is 10.6. The molecule has 0 aromatic carbocycles. The molecule has 7 heteroatoms. The Morgan fingerprint density at radius 2 is 2.12 bits per heavy atom. The first-order valence-electron chi connectivity index (χ1n) is 5.39. The average molecular weight is 358 g/mol. The van der Waals surface area contributed by atoms with Gasteiger partial charge in [0.25, 0.3) is 0 Å². The predicted molar refractivity (Wildman–Crippen MR) is 79.7 cm³/mol. The molecule has 0 bridgehead atoms. The monoisotopic (exact) mass is 358 g/mol. The Balaban J connectivity index is 0. The van der Waals surface area contributed by atoms with Gasteiger partial charge in [0.2, 0.25) is 5.91 Å². The largest absolute Gasteiger partial charge is 0.382 e. The zero-order chi connectivity index (χ0) is 12.4. The summed E-state index contributed by atoms with van der Waals surface area (Å²) in [6.07, 6.45) is 0.867. The number of guanidine groups is 1. The van der Waals surface area contributed by atoms with Crippen LogP contribution in [0.5, 0.6) is 0 Å². The van der Waals surface area contributed by atoms with Crippen molar-refractivity contribution in [2.45, 2.75) is 13.3 Å². The molecule has 0 radical (unpaired) electrons. The molecule has 0 saturated carbocycles. The van der Waals surface area contributed by atoms with Gasteiger partial charge in [-0.1, -0.05) is 0 Å². The lowest BCUT2D eigenvalue weighted by Crippen LogP contribution is -2.34. The summed E-state index contributed by atoms with van der Waals surface area (Å²) in [4.78, 5) is 16.6. The number of nitrogens with two attached hydrogens (primary N) is 1. The van der Waals surface area contributed by atoms with E-state index in [4.69, 9.17) is 10.5 Å². The number of carbonyl (C=O) groups is 1. The van der Waals surface area contributed by atoms with Crippen molar-refractivity contribution in [2.24, 2.45) is 10.7 Å². The van der Waals surface area contributed by atoms with Gasteiger partial charge in [-0.2, -0.15) is 0 Å². The van der Waals surface area contributed by atoms with Crippen LogP contribution in [0.3, 0.4) is 0 Å². The summed E-state index contributed by atoms with van der Waals surface area (Å²) in [5.74, 6) is 0.228. The first-order chi connectivity index (χ1) is 7.57. The molecule has 6 nitrogen and oxygen atoms in total. The second kappa shape index (κ2) is 11.9. The van der Waals surface area contributed by atoms with Crippen LogP contribution in [0.1, 0.15) is 13.3 Å². The average Bonchev–Trinajstić information content (AvgIpc) is 2.25. The van der Waals surface area contributed by atoms with E-state index in [1.54, 1.807) is 14.1 Å². The van der Waals surface area contributed by atoms with E-state index in [0.717, 1.165) is 13.0 Å². The van der Waals surface area contributed by atoms with Crippen molar-refractivity contribution >= 4 is 35.8 Å². The van der Waals surface area contributed by atoms with Gasteiger partial charge >= 0.3 is 0 Å². The van der Waals surface area contributed by atoms with E-state index in [2.05, 4.69) is 10.3 Å². The molecule has 17 heavy (non-hydrogen) atoms. The fourth-order valence-corrected chi connectivity index (χ4v) is 0.885. The van der Waals surface area contributed by atoms with Crippen LogP contribution < -0.4 is 11.1 Å². The van der Waals surface area contributed by atoms with Gasteiger partial charge in [0.15, 0.2) is 5.96 Å². The number of aliphatic imine (C=N–C) groups is 1. The van der Waals surface area contributed by atoms with Crippen molar-refractivity contribution in [3.63, 3.8) is 0 Å². The zero-order valence-corrected chi connectivity index (χ0v) is 13.1. The first-order valence-corrected chi connectivity index (χ1v) is 5.39. The number of hydrogen-bond donors (Lipinski definition) is 2. The van der Waals surface area contributed by atoms with Gasteiger partial charge in [0, 0.05) is 33.9 Å². The van der Waals surface area contributed by atoms with Gasteiger partial charge < -0.3 is 20.7 Å². The first kappa shape index (κ1) is 18.8. The second-order valence-electron chi connectivity index (χ2n) is 3.47. The van der Waals surface area contributed by atoms with E-state index in [1.165, 1.54) is 4.90 Å². The maximum Gasteiger partial charge on any atom is 0.243 e. The standard InChI is InChI=1S/C10H22N4O2.HI/c1-4-16-7-5-6-12-10(11)13-8-9(15)14(2)3;/h4-8H2,1-3H3,(H3,11,12,13);1H. The van der Waals surface area contributed by atoms with Crippen molar-refractivity contribution in [3.8, 4) is 0 Å². The van der Waals surface area contributed by atoms with Crippen LogP contribution in [0.15, 0.2) is 4.99 Å². The van der Waals surface area contributed by atoms with Gasteiger partial charge in [0.1, 0.15) is 6.54 Å². The van der Waals surface area contributed by atoms with Crippen LogP contribution in [0.2, 0.25) is 0 Å². The summed E-state index contributed by atoms with van der Waals surface area (Å²) in [7, 11) is 3.37. The highest BCUT2D eigenvalue weighted by Gasteiger charge is 2.01. The Labute approximate surface area is 120 Å². The van der Waals surface area contributed by atoms with Crippen molar-refractivity contribution in [1.29, 1.82) is 0 Å². The smallest absolute Gasteiger partial charge is 0.243 e. The highest BCUT2D eigenvalue weighted by atomic mass is 127. The fraction of sp³-hybridized carbons (Fsp3) is 0.800. The SMILES string of the molecule is CCOCCCNC(N)=NCC(=O)N(C)C.I. The number of rotatable bonds is 7. The number of halogens is 1. The lowest BCUT2D eigenvalue weighted by atomic mass is 10.4. The molecule has 0 aromatic heterocycles. The summed E-state index contributed by atoms with van der Waals surface area (Å²) in [5, 5.41) is 2.91. The number of likely N-dealkylation sites (N-methyl/N-ethyl adjacent to an activating group) is 1. The summed E-state index contributed by atoms with van der Waals surface area (Å²) in [6, 6.07) is 0. The van der Waals surface area contributed by atoms with Gasteiger partial charge in [0.05, 0.1) is 0 Å². The molecule has 0 spiro atoms. The number of nitrogens with zero attached hydrogens (tertiary/aromatic N) is 2. The quantitative estimate of drug-likeness (QED) is 0.291. The molecule has 0 aromatic rings. The van der Waals surface area contributed by atoms with E-state index in [-0.39, 0.29) is 36.4 Å². The van der Waals surface area contributed by atoms with E-state index >= 15 is 0 Å². The zero-order valence-electron chi connectivity index (χ0n) is 10.7. The van der Waals surface area contributed by atoms with Gasteiger partial charge in [-0.25, -0.2) is 4.99 Å². The molecule has 0 unspecified atom stereocenters. The van der Waals surface area contributed by atoms with Crippen LogP contribution in [-0.2, 0) is 9.53 Å². The Morgan fingerprint density at radius 1 is 1.47 bits per heavy atom. The number of carbonyl (C=O) groups excluding carboxylic acids is 1. The third kappa shape index (κ3) is 11.7. The molecule has 0 aliphatic carbocycles. The minimum absolute atomic E-state index is 0. The summed E-state index contributed by atoms with van der Waals surface area (Å²) in [6.45, 7) is 4.16. The molecule has 102 valence electrons. The van der Waals surface area contributed by atoms with Crippen LogP contribution in [0.25, 0.3) is 0 Å². The molecule has 3 N–H and O–H groups in total. The maximum atomic E-state index is 11.2. The number of amides is 1. The van der Waals surface area contributed by atoms with Crippen molar-refractivity contribution < 1.29 is 9.53 Å². The topological polar surface area (TPSA) is 80.0 Å².